The average Bonchev–Trinajstić information content (AvgIpc) is 3.23. The molecule has 8 nitrogen and oxygen atoms in total. The fourth-order valence-corrected chi connectivity index (χ4v) is 5.61. The molecule has 0 N–H and O–H groups in total. The number of carbonyl (C=O) groups excluding carboxylic acids is 1. The monoisotopic (exact) mass is 446 g/mol. The minimum absolute atomic E-state index is 0.0975. The van der Waals surface area contributed by atoms with Crippen LogP contribution >= 0.6 is 11.3 Å². The third kappa shape index (κ3) is 4.03. The van der Waals surface area contributed by atoms with Crippen LogP contribution in [0.15, 0.2) is 51.7 Å². The number of hydrogen-bond acceptors (Lipinski definition) is 6. The van der Waals surface area contributed by atoms with E-state index in [-0.39, 0.29) is 42.4 Å². The fourth-order valence-electron chi connectivity index (χ4n) is 3.46. The highest BCUT2D eigenvalue weighted by Gasteiger charge is 2.29. The normalized spacial score (nSPS) is 15.6. The maximum absolute atomic E-state index is 12.8. The van der Waals surface area contributed by atoms with Crippen LogP contribution in [0.5, 0.6) is 0 Å². The Kier molecular flexibility index (Phi) is 5.72. The van der Waals surface area contributed by atoms with E-state index in [1.54, 1.807) is 35.2 Å². The maximum atomic E-state index is 12.8. The van der Waals surface area contributed by atoms with Gasteiger partial charge in [-0.2, -0.15) is 4.31 Å². The molecule has 0 saturated carbocycles. The molecule has 158 valence electrons. The van der Waals surface area contributed by atoms with Gasteiger partial charge in [0.2, 0.25) is 15.9 Å². The number of carbonyl (C=O) groups is 1. The number of sulfonamides is 1. The Balaban J connectivity index is 1.35. The molecule has 0 unspecified atom stereocenters. The lowest BCUT2D eigenvalue weighted by Gasteiger charge is -2.34. The van der Waals surface area contributed by atoms with Gasteiger partial charge in [0.25, 0.3) is 5.56 Å². The SMILES string of the molecule is Cc1ccc(S(=O)(=O)N2CCN(C(=O)CCn3cnc4sccc4c3=O)CC2)cc1. The number of nitrogens with zero attached hydrogens (tertiary/aromatic N) is 4. The molecule has 30 heavy (non-hydrogen) atoms. The highest BCUT2D eigenvalue weighted by molar-refractivity contribution is 7.89. The van der Waals surface area contributed by atoms with E-state index in [1.165, 1.54) is 26.5 Å². The number of fused-ring (bicyclic) bond motifs is 1. The van der Waals surface area contributed by atoms with Gasteiger partial charge in [-0.15, -0.1) is 11.3 Å². The molecule has 0 radical (unpaired) electrons. The minimum Gasteiger partial charge on any atom is -0.340 e. The predicted octanol–water partition coefficient (Wildman–Crippen LogP) is 1.69. The van der Waals surface area contributed by atoms with Crippen molar-refractivity contribution >= 4 is 37.5 Å². The van der Waals surface area contributed by atoms with E-state index in [4.69, 9.17) is 0 Å². The van der Waals surface area contributed by atoms with Crippen molar-refractivity contribution in [1.29, 1.82) is 0 Å². The van der Waals surface area contributed by atoms with Crippen molar-refractivity contribution in [3.8, 4) is 0 Å². The zero-order valence-electron chi connectivity index (χ0n) is 16.5. The lowest BCUT2D eigenvalue weighted by Crippen LogP contribution is -2.50. The average molecular weight is 447 g/mol. The van der Waals surface area contributed by atoms with E-state index >= 15 is 0 Å². The zero-order chi connectivity index (χ0) is 21.3. The van der Waals surface area contributed by atoms with Crippen LogP contribution in [-0.4, -0.2) is 59.3 Å². The van der Waals surface area contributed by atoms with Crippen molar-refractivity contribution in [1.82, 2.24) is 18.8 Å². The molecule has 4 rings (SSSR count). The predicted molar refractivity (Wildman–Crippen MR) is 115 cm³/mol. The summed E-state index contributed by atoms with van der Waals surface area (Å²) in [5, 5.41) is 2.38. The molecule has 10 heteroatoms. The van der Waals surface area contributed by atoms with E-state index in [9.17, 15) is 18.0 Å². The van der Waals surface area contributed by atoms with Gasteiger partial charge in [0.1, 0.15) is 4.83 Å². The molecule has 1 amide bonds. The third-order valence-electron chi connectivity index (χ3n) is 5.27. The molecule has 0 bridgehead atoms. The van der Waals surface area contributed by atoms with Crippen LogP contribution < -0.4 is 5.56 Å². The van der Waals surface area contributed by atoms with Crippen LogP contribution in [-0.2, 0) is 21.4 Å². The smallest absolute Gasteiger partial charge is 0.262 e. The number of thiophene rings is 1. The number of benzene rings is 1. The lowest BCUT2D eigenvalue weighted by atomic mass is 10.2. The van der Waals surface area contributed by atoms with Gasteiger partial charge in [-0.1, -0.05) is 17.7 Å². The molecule has 1 aliphatic rings. The van der Waals surface area contributed by atoms with Crippen molar-refractivity contribution in [2.24, 2.45) is 0 Å². The molecule has 1 fully saturated rings. The fraction of sp³-hybridized carbons (Fsp3) is 0.350. The first-order chi connectivity index (χ1) is 14.4. The molecular weight excluding hydrogens is 424 g/mol. The Morgan fingerprint density at radius 2 is 1.80 bits per heavy atom. The van der Waals surface area contributed by atoms with Gasteiger partial charge in [0.05, 0.1) is 16.6 Å². The number of amides is 1. The maximum Gasteiger partial charge on any atom is 0.262 e. The molecule has 2 aromatic heterocycles. The van der Waals surface area contributed by atoms with Crippen LogP contribution in [0.1, 0.15) is 12.0 Å². The molecule has 3 aromatic rings. The summed E-state index contributed by atoms with van der Waals surface area (Å²) in [5.41, 5.74) is 0.847. The number of aromatic nitrogens is 2. The second-order valence-electron chi connectivity index (χ2n) is 7.23. The first-order valence-electron chi connectivity index (χ1n) is 9.63. The van der Waals surface area contributed by atoms with Gasteiger partial charge in [-0.05, 0) is 30.5 Å². The van der Waals surface area contributed by atoms with Gasteiger partial charge in [0, 0.05) is 39.1 Å². The van der Waals surface area contributed by atoms with Gasteiger partial charge in [-0.3, -0.25) is 14.2 Å². The summed E-state index contributed by atoms with van der Waals surface area (Å²) in [6, 6.07) is 8.51. The topological polar surface area (TPSA) is 92.6 Å². The van der Waals surface area contributed by atoms with E-state index < -0.39 is 10.0 Å². The quantitative estimate of drug-likeness (QED) is 0.595. The van der Waals surface area contributed by atoms with E-state index in [0.717, 1.165) is 5.56 Å². The molecular formula is C20H22N4O4S2. The van der Waals surface area contributed by atoms with Crippen LogP contribution in [0.25, 0.3) is 10.2 Å². The highest BCUT2D eigenvalue weighted by atomic mass is 32.2. The molecule has 0 atom stereocenters. The molecule has 1 aromatic carbocycles. The number of piperazine rings is 1. The molecule has 0 spiro atoms. The number of hydrogen-bond donors (Lipinski definition) is 0. The van der Waals surface area contributed by atoms with E-state index in [1.807, 2.05) is 12.3 Å². The van der Waals surface area contributed by atoms with Crippen molar-refractivity contribution in [2.75, 3.05) is 26.2 Å². The first kappa shape index (κ1) is 20.7. The Morgan fingerprint density at radius 3 is 2.50 bits per heavy atom. The summed E-state index contributed by atoms with van der Waals surface area (Å²) < 4.78 is 28.4. The summed E-state index contributed by atoms with van der Waals surface area (Å²) >= 11 is 1.41. The third-order valence-corrected chi connectivity index (χ3v) is 8.00. The highest BCUT2D eigenvalue weighted by Crippen LogP contribution is 2.18. The largest absolute Gasteiger partial charge is 0.340 e. The Morgan fingerprint density at radius 1 is 1.10 bits per heavy atom. The number of rotatable bonds is 5. The summed E-state index contributed by atoms with van der Waals surface area (Å²) in [5.74, 6) is -0.0975. The van der Waals surface area contributed by atoms with Crippen LogP contribution in [0.2, 0.25) is 0 Å². The van der Waals surface area contributed by atoms with Crippen LogP contribution in [0, 0.1) is 6.92 Å². The summed E-state index contributed by atoms with van der Waals surface area (Å²) in [6.45, 7) is 3.33. The van der Waals surface area contributed by atoms with E-state index in [0.29, 0.717) is 23.3 Å². The summed E-state index contributed by atoms with van der Waals surface area (Å²) in [6.07, 6.45) is 1.64. The van der Waals surface area contributed by atoms with Gasteiger partial charge in [0.15, 0.2) is 0 Å². The Hall–Kier alpha value is -2.56. The lowest BCUT2D eigenvalue weighted by molar-refractivity contribution is -0.132. The van der Waals surface area contributed by atoms with Crippen molar-refractivity contribution in [3.05, 3.63) is 58.0 Å². The van der Waals surface area contributed by atoms with Crippen molar-refractivity contribution < 1.29 is 13.2 Å². The van der Waals surface area contributed by atoms with Crippen LogP contribution in [0.3, 0.4) is 0 Å². The minimum atomic E-state index is -3.56. The van der Waals surface area contributed by atoms with Crippen molar-refractivity contribution in [3.63, 3.8) is 0 Å². The van der Waals surface area contributed by atoms with Crippen LogP contribution in [0.4, 0.5) is 0 Å². The molecule has 1 aliphatic heterocycles. The number of aryl methyl sites for hydroxylation is 2. The molecule has 3 heterocycles. The molecule has 0 aliphatic carbocycles. The Labute approximate surface area is 178 Å². The summed E-state index contributed by atoms with van der Waals surface area (Å²) in [7, 11) is -3.56. The second kappa shape index (κ2) is 8.29. The van der Waals surface area contributed by atoms with Gasteiger partial charge < -0.3 is 4.90 Å². The first-order valence-corrected chi connectivity index (χ1v) is 12.0. The second-order valence-corrected chi connectivity index (χ2v) is 10.1. The zero-order valence-corrected chi connectivity index (χ0v) is 18.2. The van der Waals surface area contributed by atoms with Gasteiger partial charge >= 0.3 is 0 Å². The molecule has 1 saturated heterocycles. The van der Waals surface area contributed by atoms with Gasteiger partial charge in [-0.25, -0.2) is 13.4 Å². The standard InChI is InChI=1S/C20H22N4O4S2/c1-15-2-4-16(5-3-15)30(27,28)24-11-9-22(10-12-24)18(25)6-8-23-14-21-19-17(20(23)26)7-13-29-19/h2-5,7,13-14H,6,8-12H2,1H3. The van der Waals surface area contributed by atoms with E-state index in [2.05, 4.69) is 4.98 Å². The summed E-state index contributed by atoms with van der Waals surface area (Å²) in [4.78, 5) is 31.9. The Bertz CT molecular complexity index is 1220. The van der Waals surface area contributed by atoms with Crippen molar-refractivity contribution in [2.45, 2.75) is 24.8 Å².